The molecule has 0 saturated carbocycles. The Morgan fingerprint density at radius 1 is 1.14 bits per heavy atom. The van der Waals surface area contributed by atoms with Crippen molar-refractivity contribution in [1.29, 1.82) is 0 Å². The van der Waals surface area contributed by atoms with Crippen molar-refractivity contribution in [2.24, 2.45) is 0 Å². The average molecular weight is 402 g/mol. The highest BCUT2D eigenvalue weighted by Crippen LogP contribution is 2.35. The number of unbranched alkanes of at least 4 members (excludes halogenated alkanes) is 4. The van der Waals surface area contributed by atoms with Gasteiger partial charge in [0, 0.05) is 22.7 Å². The molecule has 28 heavy (non-hydrogen) atoms. The topological polar surface area (TPSA) is 59.2 Å². The van der Waals surface area contributed by atoms with Gasteiger partial charge in [-0.15, -0.1) is 0 Å². The Morgan fingerprint density at radius 3 is 2.57 bits per heavy atom. The van der Waals surface area contributed by atoms with E-state index in [1.165, 1.54) is 19.3 Å². The number of ketones is 1. The number of aromatic amines is 1. The maximum absolute atomic E-state index is 12.8. The second kappa shape index (κ2) is 9.42. The molecule has 1 aromatic heterocycles. The Balaban J connectivity index is 1.67. The molecule has 0 fully saturated rings. The lowest BCUT2D eigenvalue weighted by molar-refractivity contribution is 0.0490. The summed E-state index contributed by atoms with van der Waals surface area (Å²) in [7, 11) is 0. The molecule has 1 atom stereocenters. The number of halogens is 1. The number of benzene rings is 1. The largest absolute Gasteiger partial charge is 0.461 e. The Morgan fingerprint density at radius 2 is 1.86 bits per heavy atom. The van der Waals surface area contributed by atoms with Gasteiger partial charge in [-0.3, -0.25) is 4.79 Å². The smallest absolute Gasteiger partial charge is 0.355 e. The van der Waals surface area contributed by atoms with E-state index in [1.54, 1.807) is 0 Å². The third-order valence-corrected chi connectivity index (χ3v) is 5.77. The predicted molar refractivity (Wildman–Crippen MR) is 111 cm³/mol. The van der Waals surface area contributed by atoms with Crippen molar-refractivity contribution in [1.82, 2.24) is 4.98 Å². The third-order valence-electron chi connectivity index (χ3n) is 5.52. The fourth-order valence-electron chi connectivity index (χ4n) is 3.95. The standard InChI is InChI=1S/C23H28ClNO3/c1-3-4-5-6-7-12-28-23(27)22-15(2)21-19(25-22)13-17(14-20(21)26)16-8-10-18(24)11-9-16/h8-11,17,25H,3-7,12-14H2,1-2H3/t17-/m0/s1. The zero-order valence-electron chi connectivity index (χ0n) is 16.6. The highest BCUT2D eigenvalue weighted by Gasteiger charge is 2.32. The molecule has 0 spiro atoms. The first kappa shape index (κ1) is 20.7. The van der Waals surface area contributed by atoms with Crippen LogP contribution in [0.2, 0.25) is 5.02 Å². The Bertz CT molecular complexity index is 838. The number of hydrogen-bond donors (Lipinski definition) is 1. The van der Waals surface area contributed by atoms with Gasteiger partial charge in [0.15, 0.2) is 5.78 Å². The number of rotatable bonds is 8. The SMILES string of the molecule is CCCCCCCOC(=O)c1[nH]c2c(c1C)C(=O)C[C@@H](c1ccc(Cl)cc1)C2. The van der Waals surface area contributed by atoms with E-state index in [0.29, 0.717) is 41.3 Å². The van der Waals surface area contributed by atoms with Crippen LogP contribution in [0.15, 0.2) is 24.3 Å². The molecule has 0 unspecified atom stereocenters. The van der Waals surface area contributed by atoms with Crippen LogP contribution in [0.4, 0.5) is 0 Å². The van der Waals surface area contributed by atoms with Crippen LogP contribution < -0.4 is 0 Å². The first-order chi connectivity index (χ1) is 13.5. The molecule has 0 amide bonds. The second-order valence-corrected chi connectivity index (χ2v) is 8.05. The van der Waals surface area contributed by atoms with Gasteiger partial charge in [-0.25, -0.2) is 4.79 Å². The van der Waals surface area contributed by atoms with Gasteiger partial charge in [-0.05, 0) is 48.9 Å². The zero-order valence-corrected chi connectivity index (χ0v) is 17.4. The molecule has 4 nitrogen and oxygen atoms in total. The van der Waals surface area contributed by atoms with Gasteiger partial charge in [0.25, 0.3) is 0 Å². The minimum atomic E-state index is -0.363. The van der Waals surface area contributed by atoms with Gasteiger partial charge in [-0.2, -0.15) is 0 Å². The maximum Gasteiger partial charge on any atom is 0.355 e. The summed E-state index contributed by atoms with van der Waals surface area (Å²) in [5.74, 6) is -0.190. The van der Waals surface area contributed by atoms with Gasteiger partial charge in [0.1, 0.15) is 5.69 Å². The lowest BCUT2D eigenvalue weighted by Crippen LogP contribution is -2.18. The van der Waals surface area contributed by atoms with Gasteiger partial charge in [0.05, 0.1) is 6.61 Å². The second-order valence-electron chi connectivity index (χ2n) is 7.61. The van der Waals surface area contributed by atoms with Gasteiger partial charge in [-0.1, -0.05) is 56.3 Å². The molecular formula is C23H28ClNO3. The monoisotopic (exact) mass is 401 g/mol. The number of esters is 1. The molecule has 1 N–H and O–H groups in total. The summed E-state index contributed by atoms with van der Waals surface area (Å²) in [6.07, 6.45) is 6.67. The Kier molecular flexibility index (Phi) is 6.95. The highest BCUT2D eigenvalue weighted by molar-refractivity contribution is 6.30. The summed E-state index contributed by atoms with van der Waals surface area (Å²) >= 11 is 5.97. The number of Topliss-reactive ketones (excluding diaryl/α,β-unsaturated/α-hetero) is 1. The number of H-pyrrole nitrogens is 1. The lowest BCUT2D eigenvalue weighted by atomic mass is 9.81. The molecule has 1 heterocycles. The molecule has 0 saturated heterocycles. The van der Waals surface area contributed by atoms with Crippen molar-refractivity contribution in [2.75, 3.05) is 6.61 Å². The maximum atomic E-state index is 12.8. The number of hydrogen-bond acceptors (Lipinski definition) is 3. The van der Waals surface area contributed by atoms with Crippen LogP contribution in [0.1, 0.15) is 89.0 Å². The summed E-state index contributed by atoms with van der Waals surface area (Å²) in [5.41, 5.74) is 3.73. The van der Waals surface area contributed by atoms with E-state index in [2.05, 4.69) is 11.9 Å². The Labute approximate surface area is 171 Å². The summed E-state index contributed by atoms with van der Waals surface area (Å²) < 4.78 is 5.43. The summed E-state index contributed by atoms with van der Waals surface area (Å²) in [4.78, 5) is 28.4. The minimum Gasteiger partial charge on any atom is -0.461 e. The lowest BCUT2D eigenvalue weighted by Gasteiger charge is -2.22. The first-order valence-electron chi connectivity index (χ1n) is 10.2. The van der Waals surface area contributed by atoms with E-state index in [9.17, 15) is 9.59 Å². The fourth-order valence-corrected chi connectivity index (χ4v) is 4.08. The van der Waals surface area contributed by atoms with Crippen LogP contribution in [0.5, 0.6) is 0 Å². The van der Waals surface area contributed by atoms with Crippen molar-refractivity contribution < 1.29 is 14.3 Å². The van der Waals surface area contributed by atoms with Crippen LogP contribution >= 0.6 is 11.6 Å². The summed E-state index contributed by atoms with van der Waals surface area (Å²) in [6.45, 7) is 4.43. The molecule has 1 aliphatic rings. The van der Waals surface area contributed by atoms with Crippen molar-refractivity contribution in [3.8, 4) is 0 Å². The van der Waals surface area contributed by atoms with Crippen LogP contribution in [0.3, 0.4) is 0 Å². The van der Waals surface area contributed by atoms with E-state index >= 15 is 0 Å². The van der Waals surface area contributed by atoms with Crippen LogP contribution in [0.25, 0.3) is 0 Å². The number of fused-ring (bicyclic) bond motifs is 1. The van der Waals surface area contributed by atoms with Gasteiger partial charge >= 0.3 is 5.97 Å². The van der Waals surface area contributed by atoms with E-state index in [1.807, 2.05) is 31.2 Å². The summed E-state index contributed by atoms with van der Waals surface area (Å²) in [5, 5.41) is 0.682. The van der Waals surface area contributed by atoms with E-state index in [-0.39, 0.29) is 17.7 Å². The molecular weight excluding hydrogens is 374 g/mol. The molecule has 0 radical (unpaired) electrons. The van der Waals surface area contributed by atoms with Crippen molar-refractivity contribution in [2.45, 2.75) is 64.7 Å². The summed E-state index contributed by atoms with van der Waals surface area (Å²) in [6, 6.07) is 7.63. The number of carbonyl (C=O) groups is 2. The number of ether oxygens (including phenoxy) is 1. The quantitative estimate of drug-likeness (QED) is 0.434. The van der Waals surface area contributed by atoms with E-state index < -0.39 is 0 Å². The first-order valence-corrected chi connectivity index (χ1v) is 10.6. The molecule has 0 aliphatic heterocycles. The number of nitrogens with one attached hydrogen (secondary N) is 1. The van der Waals surface area contributed by atoms with Crippen LogP contribution in [-0.4, -0.2) is 23.3 Å². The van der Waals surface area contributed by atoms with Crippen molar-refractivity contribution >= 4 is 23.4 Å². The van der Waals surface area contributed by atoms with E-state index in [4.69, 9.17) is 16.3 Å². The third kappa shape index (κ3) is 4.67. The minimum absolute atomic E-state index is 0.0774. The van der Waals surface area contributed by atoms with Crippen molar-refractivity contribution in [3.05, 3.63) is 57.4 Å². The Hall–Kier alpha value is -2.07. The average Bonchev–Trinajstić information content (AvgIpc) is 3.02. The molecule has 1 aliphatic carbocycles. The highest BCUT2D eigenvalue weighted by atomic mass is 35.5. The predicted octanol–water partition coefficient (Wildman–Crippen LogP) is 6.02. The fraction of sp³-hybridized carbons (Fsp3) is 0.478. The molecule has 1 aromatic carbocycles. The molecule has 2 aromatic rings. The molecule has 5 heteroatoms. The molecule has 0 bridgehead atoms. The number of aromatic nitrogens is 1. The molecule has 3 rings (SSSR count). The number of carbonyl (C=O) groups excluding carboxylic acids is 2. The van der Waals surface area contributed by atoms with Crippen molar-refractivity contribution in [3.63, 3.8) is 0 Å². The molecule has 150 valence electrons. The normalized spacial score (nSPS) is 16.1. The zero-order chi connectivity index (χ0) is 20.1. The van der Waals surface area contributed by atoms with E-state index in [0.717, 1.165) is 24.1 Å². The van der Waals surface area contributed by atoms with Crippen LogP contribution in [-0.2, 0) is 11.2 Å². The van der Waals surface area contributed by atoms with Gasteiger partial charge < -0.3 is 9.72 Å². The van der Waals surface area contributed by atoms with Gasteiger partial charge in [0.2, 0.25) is 0 Å². The van der Waals surface area contributed by atoms with Crippen LogP contribution in [0, 0.1) is 6.92 Å².